The van der Waals surface area contributed by atoms with Gasteiger partial charge in [0.15, 0.2) is 0 Å². The molecule has 0 bridgehead atoms. The molecule has 3 heteroatoms. The lowest BCUT2D eigenvalue weighted by Crippen LogP contribution is -2.22. The number of aliphatic carboxylic acids is 1. The number of hydrogen-bond donors (Lipinski definition) is 1. The van der Waals surface area contributed by atoms with Crippen LogP contribution in [0.1, 0.15) is 81.8 Å². The summed E-state index contributed by atoms with van der Waals surface area (Å²) in [4.78, 5) is 11.2. The van der Waals surface area contributed by atoms with Gasteiger partial charge in [-0.1, -0.05) is 77.4 Å². The molecule has 0 radical (unpaired) electrons. The van der Waals surface area contributed by atoms with Crippen molar-refractivity contribution < 1.29 is 15.0 Å². The maximum Gasteiger partial charge on any atom is 0.123 e. The fourth-order valence-electron chi connectivity index (χ4n) is 3.48. The highest BCUT2D eigenvalue weighted by atomic mass is 16.4. The number of carbonyl (C=O) groups excluding carboxylic acids is 1. The molecule has 0 heterocycles. The first-order valence-electron chi connectivity index (χ1n) is 10.1. The zero-order valence-corrected chi connectivity index (χ0v) is 18.9. The number of phenols is 1. The van der Waals surface area contributed by atoms with Crippen molar-refractivity contribution in [2.24, 2.45) is 0 Å². The molecule has 0 saturated carbocycles. The first-order chi connectivity index (χ1) is 13.2. The van der Waals surface area contributed by atoms with Crippen molar-refractivity contribution in [3.05, 3.63) is 69.3 Å². The number of carboxylic acid groups (broad SMARTS) is 1. The van der Waals surface area contributed by atoms with Crippen molar-refractivity contribution in [1.29, 1.82) is 0 Å². The first-order valence-corrected chi connectivity index (χ1v) is 10.1. The smallest absolute Gasteiger partial charge is 0.123 e. The van der Waals surface area contributed by atoms with Crippen molar-refractivity contribution in [3.63, 3.8) is 0 Å². The maximum atomic E-state index is 11.2. The van der Waals surface area contributed by atoms with Crippen molar-refractivity contribution in [2.75, 3.05) is 0 Å². The Hall–Kier alpha value is -2.55. The number of rotatable bonds is 4. The number of aryl methyl sites for hydroxylation is 1. The van der Waals surface area contributed by atoms with Crippen LogP contribution in [0.4, 0.5) is 0 Å². The molecule has 0 fully saturated rings. The zero-order valence-electron chi connectivity index (χ0n) is 18.9. The monoisotopic (exact) mass is 393 g/mol. The van der Waals surface area contributed by atoms with E-state index in [0.29, 0.717) is 12.2 Å². The number of carboxylic acids is 1. The average molecular weight is 394 g/mol. The van der Waals surface area contributed by atoms with E-state index in [0.717, 1.165) is 33.4 Å². The summed E-state index contributed by atoms with van der Waals surface area (Å²) >= 11 is 0. The average Bonchev–Trinajstić information content (AvgIpc) is 2.56. The van der Waals surface area contributed by atoms with Gasteiger partial charge < -0.3 is 15.0 Å². The minimum absolute atomic E-state index is 0.193. The van der Waals surface area contributed by atoms with Crippen molar-refractivity contribution in [1.82, 2.24) is 0 Å². The van der Waals surface area contributed by atoms with Gasteiger partial charge in [0.2, 0.25) is 0 Å². The molecular formula is C26H33O3-. The highest BCUT2D eigenvalue weighted by molar-refractivity contribution is 5.90. The molecule has 0 aliphatic rings. The summed E-state index contributed by atoms with van der Waals surface area (Å²) in [6.45, 7) is 16.2. The van der Waals surface area contributed by atoms with Gasteiger partial charge in [-0.05, 0) is 70.6 Å². The number of carbonyl (C=O) groups is 1. The van der Waals surface area contributed by atoms with E-state index >= 15 is 0 Å². The van der Waals surface area contributed by atoms with Crippen molar-refractivity contribution >= 4 is 12.0 Å². The van der Waals surface area contributed by atoms with E-state index in [1.54, 1.807) is 13.0 Å². The summed E-state index contributed by atoms with van der Waals surface area (Å²) in [5, 5.41) is 22.1. The lowest BCUT2D eigenvalue weighted by atomic mass is 9.77. The van der Waals surface area contributed by atoms with Gasteiger partial charge in [0.1, 0.15) is 5.75 Å². The van der Waals surface area contributed by atoms with Crippen LogP contribution >= 0.6 is 0 Å². The minimum atomic E-state index is -1.16. The Kier molecular flexibility index (Phi) is 6.32. The molecule has 0 saturated heterocycles. The second-order valence-electron chi connectivity index (χ2n) is 10.0. The van der Waals surface area contributed by atoms with Gasteiger partial charge in [0.05, 0.1) is 5.97 Å². The van der Waals surface area contributed by atoms with Crippen LogP contribution in [0.25, 0.3) is 6.08 Å². The van der Waals surface area contributed by atoms with E-state index in [1.807, 2.05) is 19.1 Å². The molecule has 156 valence electrons. The Morgan fingerprint density at radius 2 is 1.52 bits per heavy atom. The summed E-state index contributed by atoms with van der Waals surface area (Å²) in [5.74, 6) is -0.794. The van der Waals surface area contributed by atoms with E-state index in [4.69, 9.17) is 0 Å². The third kappa shape index (κ3) is 5.50. The van der Waals surface area contributed by atoms with Crippen LogP contribution in [0.5, 0.6) is 5.75 Å². The van der Waals surface area contributed by atoms with E-state index in [9.17, 15) is 15.0 Å². The zero-order chi connectivity index (χ0) is 22.1. The molecule has 3 nitrogen and oxygen atoms in total. The summed E-state index contributed by atoms with van der Waals surface area (Å²) in [6.07, 6.45) is 2.32. The number of benzene rings is 2. The fourth-order valence-corrected chi connectivity index (χ4v) is 3.48. The number of phenolic OH excluding ortho intramolecular Hbond substituents is 1. The van der Waals surface area contributed by atoms with E-state index in [1.165, 1.54) is 0 Å². The van der Waals surface area contributed by atoms with E-state index < -0.39 is 5.97 Å². The van der Waals surface area contributed by atoms with Gasteiger partial charge in [0, 0.05) is 0 Å². The Labute approximate surface area is 175 Å². The summed E-state index contributed by atoms with van der Waals surface area (Å²) in [7, 11) is 0. The van der Waals surface area contributed by atoms with E-state index in [-0.39, 0.29) is 16.4 Å². The van der Waals surface area contributed by atoms with Gasteiger partial charge in [-0.15, -0.1) is 0 Å². The third-order valence-corrected chi connectivity index (χ3v) is 5.17. The van der Waals surface area contributed by atoms with Crippen LogP contribution in [0.15, 0.2) is 35.9 Å². The second kappa shape index (κ2) is 8.06. The molecule has 0 amide bonds. The highest BCUT2D eigenvalue weighted by Crippen LogP contribution is 2.40. The fraction of sp³-hybridized carbons (Fsp3) is 0.423. The predicted octanol–water partition coefficient (Wildman–Crippen LogP) is 5.04. The van der Waals surface area contributed by atoms with Crippen LogP contribution in [0, 0.1) is 6.92 Å². The molecular weight excluding hydrogens is 360 g/mol. The molecule has 2 rings (SSSR count). The van der Waals surface area contributed by atoms with Gasteiger partial charge in [-0.25, -0.2) is 0 Å². The van der Waals surface area contributed by atoms with Crippen LogP contribution in [0.3, 0.4) is 0 Å². The van der Waals surface area contributed by atoms with Gasteiger partial charge in [-0.2, -0.15) is 0 Å². The molecule has 2 aromatic carbocycles. The molecule has 0 atom stereocenters. The van der Waals surface area contributed by atoms with Crippen molar-refractivity contribution in [2.45, 2.75) is 72.6 Å². The standard InChI is InChI=1S/C26H34O3/c1-16-9-10-19(12-17(2)24(28)29)20(11-16)13-18-14-21(25(3,4)5)23(27)22(15-18)26(6,7)8/h9-12,14-15,27H,13H2,1-8H3,(H,28,29)/p-1/b17-12+. The van der Waals surface area contributed by atoms with Crippen LogP contribution < -0.4 is 5.11 Å². The molecule has 29 heavy (non-hydrogen) atoms. The van der Waals surface area contributed by atoms with Crippen LogP contribution in [-0.4, -0.2) is 11.1 Å². The van der Waals surface area contributed by atoms with Gasteiger partial charge in [0.25, 0.3) is 0 Å². The Morgan fingerprint density at radius 1 is 1.00 bits per heavy atom. The van der Waals surface area contributed by atoms with Gasteiger partial charge >= 0.3 is 0 Å². The number of hydrogen-bond acceptors (Lipinski definition) is 3. The molecule has 0 spiro atoms. The molecule has 0 aliphatic carbocycles. The molecule has 0 unspecified atom stereocenters. The largest absolute Gasteiger partial charge is 0.545 e. The van der Waals surface area contributed by atoms with Gasteiger partial charge in [-0.3, -0.25) is 0 Å². The molecule has 0 aromatic heterocycles. The normalized spacial score (nSPS) is 12.9. The van der Waals surface area contributed by atoms with E-state index in [2.05, 4.69) is 59.7 Å². The summed E-state index contributed by atoms with van der Waals surface area (Å²) in [5.41, 5.74) is 5.81. The van der Waals surface area contributed by atoms with Crippen LogP contribution in [0.2, 0.25) is 0 Å². The lowest BCUT2D eigenvalue weighted by molar-refractivity contribution is -0.299. The Balaban J connectivity index is 2.65. The maximum absolute atomic E-state index is 11.2. The molecule has 2 aromatic rings. The molecule has 0 aliphatic heterocycles. The molecule has 1 N–H and O–H groups in total. The lowest BCUT2D eigenvalue weighted by Gasteiger charge is -2.28. The SMILES string of the molecule is C/C(=C\c1ccc(C)cc1Cc1cc(C(C)(C)C)c(O)c(C(C)(C)C)c1)C(=O)[O-]. The Morgan fingerprint density at radius 3 is 1.97 bits per heavy atom. The Bertz CT molecular complexity index is 916. The predicted molar refractivity (Wildman–Crippen MR) is 118 cm³/mol. The summed E-state index contributed by atoms with van der Waals surface area (Å²) < 4.78 is 0. The highest BCUT2D eigenvalue weighted by Gasteiger charge is 2.26. The van der Waals surface area contributed by atoms with Crippen LogP contribution in [-0.2, 0) is 22.0 Å². The number of aromatic hydroxyl groups is 1. The minimum Gasteiger partial charge on any atom is -0.545 e. The first kappa shape index (κ1) is 22.7. The summed E-state index contributed by atoms with van der Waals surface area (Å²) in [6, 6.07) is 10.2. The second-order valence-corrected chi connectivity index (χ2v) is 10.0. The quantitative estimate of drug-likeness (QED) is 0.740. The third-order valence-electron chi connectivity index (χ3n) is 5.17. The van der Waals surface area contributed by atoms with Crippen molar-refractivity contribution in [3.8, 4) is 5.75 Å². The topological polar surface area (TPSA) is 60.4 Å².